The van der Waals surface area contributed by atoms with Crippen LogP contribution in [0.15, 0.2) is 0 Å². The van der Waals surface area contributed by atoms with E-state index in [1.54, 1.807) is 0 Å². The second kappa shape index (κ2) is 6.04. The lowest BCUT2D eigenvalue weighted by Gasteiger charge is -2.25. The molecule has 12 heavy (non-hydrogen) atoms. The van der Waals surface area contributed by atoms with Crippen molar-refractivity contribution < 1.29 is 4.79 Å². The standard InChI is InChI=1S/C10H20NO/c1-5-7-8-10(12)11(6-2)9(3)4/h9H,1,5-8H2,2-4H3. The van der Waals surface area contributed by atoms with E-state index in [1.165, 1.54) is 0 Å². The van der Waals surface area contributed by atoms with Crippen LogP contribution in [-0.2, 0) is 4.79 Å². The molecule has 0 N–H and O–H groups in total. The molecule has 2 heteroatoms. The van der Waals surface area contributed by atoms with Gasteiger partial charge in [-0.25, -0.2) is 0 Å². The SMILES string of the molecule is [CH2]CCCC(=O)N(CC)C(C)C. The van der Waals surface area contributed by atoms with E-state index in [-0.39, 0.29) is 5.91 Å². The van der Waals surface area contributed by atoms with E-state index in [1.807, 2.05) is 25.7 Å². The van der Waals surface area contributed by atoms with E-state index in [4.69, 9.17) is 0 Å². The van der Waals surface area contributed by atoms with Gasteiger partial charge in [-0.05, 0) is 27.2 Å². The highest BCUT2D eigenvalue weighted by atomic mass is 16.2. The molecule has 0 aliphatic heterocycles. The van der Waals surface area contributed by atoms with Crippen LogP contribution in [-0.4, -0.2) is 23.4 Å². The highest BCUT2D eigenvalue weighted by Crippen LogP contribution is 2.04. The number of hydrogen-bond acceptors (Lipinski definition) is 1. The normalized spacial score (nSPS) is 10.4. The Bertz CT molecular complexity index is 132. The minimum Gasteiger partial charge on any atom is -0.341 e. The Balaban J connectivity index is 3.86. The fraction of sp³-hybridized carbons (Fsp3) is 0.800. The van der Waals surface area contributed by atoms with Crippen LogP contribution in [0.4, 0.5) is 0 Å². The van der Waals surface area contributed by atoms with E-state index in [9.17, 15) is 4.79 Å². The fourth-order valence-corrected chi connectivity index (χ4v) is 1.25. The first-order valence-electron chi connectivity index (χ1n) is 4.72. The molecule has 0 spiro atoms. The lowest BCUT2D eigenvalue weighted by Crippen LogP contribution is -2.36. The zero-order valence-electron chi connectivity index (χ0n) is 8.47. The summed E-state index contributed by atoms with van der Waals surface area (Å²) in [5, 5.41) is 0. The molecule has 0 saturated heterocycles. The van der Waals surface area contributed by atoms with Crippen LogP contribution in [0.2, 0.25) is 0 Å². The maximum absolute atomic E-state index is 11.5. The Hall–Kier alpha value is -0.530. The number of amides is 1. The van der Waals surface area contributed by atoms with Crippen molar-refractivity contribution in [1.29, 1.82) is 0 Å². The first-order chi connectivity index (χ1) is 5.63. The number of hydrogen-bond donors (Lipinski definition) is 0. The van der Waals surface area contributed by atoms with Crippen LogP contribution in [0, 0.1) is 6.92 Å². The second-order valence-electron chi connectivity index (χ2n) is 3.23. The van der Waals surface area contributed by atoms with Crippen LogP contribution in [0.3, 0.4) is 0 Å². The molecule has 0 aromatic heterocycles. The average Bonchev–Trinajstić information content (AvgIpc) is 2.01. The van der Waals surface area contributed by atoms with Crippen LogP contribution < -0.4 is 0 Å². The van der Waals surface area contributed by atoms with Gasteiger partial charge < -0.3 is 4.90 Å². The summed E-state index contributed by atoms with van der Waals surface area (Å²) in [6.07, 6.45) is 2.40. The number of nitrogens with zero attached hydrogens (tertiary/aromatic N) is 1. The molecule has 0 fully saturated rings. The molecular weight excluding hydrogens is 150 g/mol. The first-order valence-corrected chi connectivity index (χ1v) is 4.72. The van der Waals surface area contributed by atoms with Gasteiger partial charge in [-0.3, -0.25) is 4.79 Å². The maximum atomic E-state index is 11.5. The second-order valence-corrected chi connectivity index (χ2v) is 3.23. The monoisotopic (exact) mass is 170 g/mol. The molecule has 0 rings (SSSR count). The first kappa shape index (κ1) is 11.5. The molecule has 0 saturated carbocycles. The highest BCUT2D eigenvalue weighted by molar-refractivity contribution is 5.76. The third-order valence-electron chi connectivity index (χ3n) is 1.93. The Kier molecular flexibility index (Phi) is 5.77. The van der Waals surface area contributed by atoms with Crippen molar-refractivity contribution in [3.8, 4) is 0 Å². The molecule has 0 aliphatic carbocycles. The summed E-state index contributed by atoms with van der Waals surface area (Å²) in [5.74, 6) is 0.260. The molecule has 0 aromatic carbocycles. The molecule has 0 aliphatic rings. The van der Waals surface area contributed by atoms with E-state index >= 15 is 0 Å². The van der Waals surface area contributed by atoms with Gasteiger partial charge in [-0.15, -0.1) is 0 Å². The predicted octanol–water partition coefficient (Wildman–Crippen LogP) is 2.25. The minimum atomic E-state index is 0.260. The summed E-state index contributed by atoms with van der Waals surface area (Å²) in [5.41, 5.74) is 0. The summed E-state index contributed by atoms with van der Waals surface area (Å²) < 4.78 is 0. The van der Waals surface area contributed by atoms with Crippen molar-refractivity contribution in [2.24, 2.45) is 0 Å². The number of carbonyl (C=O) groups excluding carboxylic acids is 1. The van der Waals surface area contributed by atoms with Gasteiger partial charge in [-0.1, -0.05) is 13.3 Å². The van der Waals surface area contributed by atoms with Gasteiger partial charge in [0.15, 0.2) is 0 Å². The van der Waals surface area contributed by atoms with Crippen molar-refractivity contribution in [2.75, 3.05) is 6.54 Å². The number of rotatable bonds is 5. The molecule has 71 valence electrons. The van der Waals surface area contributed by atoms with Crippen LogP contribution >= 0.6 is 0 Å². The molecule has 1 amide bonds. The lowest BCUT2D eigenvalue weighted by atomic mass is 10.2. The van der Waals surface area contributed by atoms with Crippen LogP contribution in [0.5, 0.6) is 0 Å². The Morgan fingerprint density at radius 3 is 2.42 bits per heavy atom. The van der Waals surface area contributed by atoms with E-state index < -0.39 is 0 Å². The highest BCUT2D eigenvalue weighted by Gasteiger charge is 2.13. The molecular formula is C10H20NO. The van der Waals surface area contributed by atoms with Gasteiger partial charge >= 0.3 is 0 Å². The summed E-state index contributed by atoms with van der Waals surface area (Å²) >= 11 is 0. The summed E-state index contributed by atoms with van der Waals surface area (Å²) in [4.78, 5) is 13.4. The van der Waals surface area contributed by atoms with Crippen molar-refractivity contribution >= 4 is 5.91 Å². The topological polar surface area (TPSA) is 20.3 Å². The zero-order valence-corrected chi connectivity index (χ0v) is 8.47. The molecule has 0 aromatic rings. The maximum Gasteiger partial charge on any atom is 0.222 e. The van der Waals surface area contributed by atoms with Gasteiger partial charge in [0, 0.05) is 19.0 Å². The molecule has 2 nitrogen and oxygen atoms in total. The smallest absolute Gasteiger partial charge is 0.222 e. The molecule has 0 atom stereocenters. The van der Waals surface area contributed by atoms with Gasteiger partial charge in [0.1, 0.15) is 0 Å². The van der Waals surface area contributed by atoms with Crippen molar-refractivity contribution in [3.63, 3.8) is 0 Å². The molecule has 0 bridgehead atoms. The van der Waals surface area contributed by atoms with Gasteiger partial charge in [0.25, 0.3) is 0 Å². The predicted molar refractivity (Wildman–Crippen MR) is 51.7 cm³/mol. The Labute approximate surface area is 75.9 Å². The Morgan fingerprint density at radius 2 is 2.08 bits per heavy atom. The number of unbranched alkanes of at least 4 members (excludes halogenated alkanes) is 1. The van der Waals surface area contributed by atoms with Gasteiger partial charge in [0.2, 0.25) is 5.91 Å². The fourth-order valence-electron chi connectivity index (χ4n) is 1.25. The largest absolute Gasteiger partial charge is 0.341 e. The van der Waals surface area contributed by atoms with E-state index in [0.717, 1.165) is 19.4 Å². The summed E-state index contributed by atoms with van der Waals surface area (Å²) in [6, 6.07) is 0.326. The quantitative estimate of drug-likeness (QED) is 0.619. The van der Waals surface area contributed by atoms with Crippen LogP contribution in [0.25, 0.3) is 0 Å². The van der Waals surface area contributed by atoms with Gasteiger partial charge in [-0.2, -0.15) is 0 Å². The molecule has 1 radical (unpaired) electrons. The van der Waals surface area contributed by atoms with Crippen molar-refractivity contribution in [3.05, 3.63) is 6.92 Å². The zero-order chi connectivity index (χ0) is 9.56. The third-order valence-corrected chi connectivity index (χ3v) is 1.93. The lowest BCUT2D eigenvalue weighted by molar-refractivity contribution is -0.132. The summed E-state index contributed by atoms with van der Waals surface area (Å²) in [6.45, 7) is 10.6. The van der Waals surface area contributed by atoms with Gasteiger partial charge in [0.05, 0.1) is 0 Å². The molecule has 0 heterocycles. The number of carbonyl (C=O) groups is 1. The van der Waals surface area contributed by atoms with Crippen LogP contribution in [0.1, 0.15) is 40.0 Å². The summed E-state index contributed by atoms with van der Waals surface area (Å²) in [7, 11) is 0. The average molecular weight is 170 g/mol. The van der Waals surface area contributed by atoms with E-state index in [2.05, 4.69) is 6.92 Å². The van der Waals surface area contributed by atoms with Crippen molar-refractivity contribution in [2.45, 2.75) is 46.1 Å². The van der Waals surface area contributed by atoms with Crippen molar-refractivity contribution in [1.82, 2.24) is 4.90 Å². The Morgan fingerprint density at radius 1 is 1.50 bits per heavy atom. The molecule has 0 unspecified atom stereocenters. The van der Waals surface area contributed by atoms with E-state index in [0.29, 0.717) is 12.5 Å². The third kappa shape index (κ3) is 3.74. The minimum absolute atomic E-state index is 0.260.